The molecule has 2 aromatic rings. The topological polar surface area (TPSA) is 116 Å². The van der Waals surface area contributed by atoms with Crippen LogP contribution in [-0.4, -0.2) is 77.3 Å². The van der Waals surface area contributed by atoms with Gasteiger partial charge in [-0.25, -0.2) is 9.67 Å². The highest BCUT2D eigenvalue weighted by molar-refractivity contribution is 5.89. The molecule has 0 aliphatic heterocycles. The van der Waals surface area contributed by atoms with Crippen LogP contribution in [0.5, 0.6) is 0 Å². The maximum absolute atomic E-state index is 11.5. The number of aryl methyl sites for hydroxylation is 2. The third-order valence-electron chi connectivity index (χ3n) is 4.50. The van der Waals surface area contributed by atoms with E-state index in [1.54, 1.807) is 48.2 Å². The Morgan fingerprint density at radius 2 is 1.98 bits per heavy atom. The SMILES string of the molecule is C#C/C=C\C=C/CCC(N=CCOCCOC)=NC.CC.CC.Cn1cc(-n2ccc(=O)c(CCCO)n2)cn1. The highest BCUT2D eigenvalue weighted by Gasteiger charge is 2.04. The Kier molecular flexibility index (Phi) is 27.3. The Hall–Kier alpha value is -3.65. The average Bonchev–Trinajstić information content (AvgIpc) is 3.43. The van der Waals surface area contributed by atoms with Gasteiger partial charge in [-0.15, -0.1) is 6.42 Å². The Bertz CT molecular complexity index is 1090. The molecule has 0 fully saturated rings. The van der Waals surface area contributed by atoms with E-state index in [-0.39, 0.29) is 12.0 Å². The van der Waals surface area contributed by atoms with Crippen molar-refractivity contribution >= 4 is 12.1 Å². The Morgan fingerprint density at radius 1 is 1.23 bits per heavy atom. The molecule has 0 saturated carbocycles. The number of nitrogens with zero attached hydrogens (tertiary/aromatic N) is 6. The van der Waals surface area contributed by atoms with Gasteiger partial charge in [0.25, 0.3) is 0 Å². The first kappa shape index (κ1) is 38.5. The van der Waals surface area contributed by atoms with E-state index in [2.05, 4.69) is 26.1 Å². The molecule has 0 atom stereocenters. The molecule has 2 heterocycles. The molecule has 0 saturated heterocycles. The van der Waals surface area contributed by atoms with Gasteiger partial charge in [0.05, 0.1) is 32.2 Å². The van der Waals surface area contributed by atoms with E-state index in [9.17, 15) is 4.79 Å². The number of allylic oxidation sites excluding steroid dienone is 4. The minimum Gasteiger partial charge on any atom is -0.396 e. The maximum Gasteiger partial charge on any atom is 0.203 e. The van der Waals surface area contributed by atoms with E-state index in [0.717, 1.165) is 24.4 Å². The summed E-state index contributed by atoms with van der Waals surface area (Å²) in [5, 5.41) is 17.0. The van der Waals surface area contributed by atoms with E-state index in [1.165, 1.54) is 6.07 Å². The standard InChI is InChI=1S/C15H22N2O2.C11H14N4O2.2C2H6/c1-4-5-6-7-8-9-10-15(16-2)17-11-12-19-14-13-18-3;1-14-8-9(7-12-14)15-5-4-11(17)10(13-15)3-2-6-16;2*1-2/h1,5-8,11H,9-10,12-14H2,2-3H3;4-5,7-8,16H,2-3,6H2,1H3;2*1-2H3/b6-5-,8-7-,16-15?,17-11?;;;. The number of amidine groups is 1. The van der Waals surface area contributed by atoms with Gasteiger partial charge in [0.1, 0.15) is 17.2 Å². The van der Waals surface area contributed by atoms with Crippen LogP contribution in [0.2, 0.25) is 0 Å². The second-order valence-electron chi connectivity index (χ2n) is 7.28. The number of methoxy groups -OCH3 is 1. The van der Waals surface area contributed by atoms with Gasteiger partial charge in [0, 0.05) is 52.7 Å². The molecule has 0 radical (unpaired) electrons. The zero-order valence-electron chi connectivity index (χ0n) is 25.3. The van der Waals surface area contributed by atoms with Crippen molar-refractivity contribution in [3.63, 3.8) is 0 Å². The van der Waals surface area contributed by atoms with Crippen LogP contribution in [0, 0.1) is 12.3 Å². The van der Waals surface area contributed by atoms with Crippen LogP contribution in [-0.2, 0) is 22.9 Å². The number of aliphatic hydroxyl groups is 1. The number of aliphatic imine (C=N–C) groups is 2. The predicted octanol–water partition coefficient (Wildman–Crippen LogP) is 4.22. The molecule has 0 bridgehead atoms. The highest BCUT2D eigenvalue weighted by atomic mass is 16.5. The first-order valence-corrected chi connectivity index (χ1v) is 13.6. The fraction of sp³-hybridized carbons (Fsp3) is 0.500. The number of aromatic nitrogens is 4. The molecule has 40 heavy (non-hydrogen) atoms. The lowest BCUT2D eigenvalue weighted by atomic mass is 10.2. The number of hydrogen-bond donors (Lipinski definition) is 1. The quantitative estimate of drug-likeness (QED) is 0.130. The normalized spacial score (nSPS) is 10.9. The van der Waals surface area contributed by atoms with Crippen molar-refractivity contribution in [3.8, 4) is 18.0 Å². The van der Waals surface area contributed by atoms with Crippen LogP contribution in [0.1, 0.15) is 52.7 Å². The van der Waals surface area contributed by atoms with Crippen molar-refractivity contribution in [1.29, 1.82) is 0 Å². The van der Waals surface area contributed by atoms with E-state index < -0.39 is 0 Å². The van der Waals surface area contributed by atoms with Crippen molar-refractivity contribution in [1.82, 2.24) is 19.6 Å². The minimum atomic E-state index is -0.0985. The lowest BCUT2D eigenvalue weighted by Crippen LogP contribution is -2.16. The third-order valence-corrected chi connectivity index (χ3v) is 4.50. The smallest absolute Gasteiger partial charge is 0.203 e. The van der Waals surface area contributed by atoms with Crippen molar-refractivity contribution in [3.05, 3.63) is 64.9 Å². The minimum absolute atomic E-state index is 0.0584. The van der Waals surface area contributed by atoms with Gasteiger partial charge >= 0.3 is 0 Å². The van der Waals surface area contributed by atoms with Gasteiger partial charge < -0.3 is 14.6 Å². The van der Waals surface area contributed by atoms with Gasteiger partial charge in [0.2, 0.25) is 5.43 Å². The van der Waals surface area contributed by atoms with E-state index >= 15 is 0 Å². The predicted molar refractivity (Wildman–Crippen MR) is 166 cm³/mol. The Labute approximate surface area is 240 Å². The van der Waals surface area contributed by atoms with Gasteiger partial charge in [-0.3, -0.25) is 14.5 Å². The summed E-state index contributed by atoms with van der Waals surface area (Å²) in [6, 6.07) is 1.48. The van der Waals surface area contributed by atoms with E-state index in [0.29, 0.717) is 38.4 Å². The van der Waals surface area contributed by atoms with Gasteiger partial charge in [-0.05, 0) is 25.3 Å². The first-order valence-electron chi connectivity index (χ1n) is 13.6. The zero-order valence-corrected chi connectivity index (χ0v) is 25.3. The lowest BCUT2D eigenvalue weighted by Gasteiger charge is -2.03. The second kappa shape index (κ2) is 28.4. The molecule has 0 amide bonds. The van der Waals surface area contributed by atoms with Crippen molar-refractivity contribution < 1.29 is 14.6 Å². The molecule has 0 unspecified atom stereocenters. The molecule has 2 aromatic heterocycles. The molecule has 10 nitrogen and oxygen atoms in total. The zero-order chi connectivity index (χ0) is 30.4. The molecule has 222 valence electrons. The van der Waals surface area contributed by atoms with Crippen LogP contribution in [0.15, 0.2) is 63.7 Å². The molecular weight excluding hydrogens is 508 g/mol. The lowest BCUT2D eigenvalue weighted by molar-refractivity contribution is 0.0912. The Morgan fingerprint density at radius 3 is 2.58 bits per heavy atom. The molecular formula is C30H48N6O4. The molecule has 0 aliphatic rings. The van der Waals surface area contributed by atoms with Gasteiger partial charge in [0.15, 0.2) is 0 Å². The summed E-state index contributed by atoms with van der Waals surface area (Å²) < 4.78 is 13.4. The van der Waals surface area contributed by atoms with E-state index in [1.807, 2.05) is 59.2 Å². The molecule has 0 spiro atoms. The van der Waals surface area contributed by atoms with Crippen LogP contribution in [0.3, 0.4) is 0 Å². The summed E-state index contributed by atoms with van der Waals surface area (Å²) in [4.78, 5) is 19.9. The third kappa shape index (κ3) is 19.4. The number of ether oxygens (including phenoxy) is 2. The second-order valence-corrected chi connectivity index (χ2v) is 7.28. The average molecular weight is 557 g/mol. The monoisotopic (exact) mass is 556 g/mol. The van der Waals surface area contributed by atoms with Crippen LogP contribution >= 0.6 is 0 Å². The van der Waals surface area contributed by atoms with Crippen molar-refractivity contribution in [2.24, 2.45) is 17.0 Å². The van der Waals surface area contributed by atoms with Crippen LogP contribution in [0.4, 0.5) is 0 Å². The summed E-state index contributed by atoms with van der Waals surface area (Å²) >= 11 is 0. The van der Waals surface area contributed by atoms with Crippen LogP contribution in [0.25, 0.3) is 5.69 Å². The highest BCUT2D eigenvalue weighted by Crippen LogP contribution is 2.03. The number of hydrogen-bond acceptors (Lipinski definition) is 7. The van der Waals surface area contributed by atoms with Gasteiger partial charge in [-0.2, -0.15) is 10.2 Å². The Balaban J connectivity index is 0. The summed E-state index contributed by atoms with van der Waals surface area (Å²) in [7, 11) is 5.20. The first-order chi connectivity index (χ1) is 19.5. The van der Waals surface area contributed by atoms with E-state index in [4.69, 9.17) is 21.0 Å². The number of rotatable bonds is 13. The summed E-state index contributed by atoms with van der Waals surface area (Å²) in [5.41, 5.74) is 1.17. The molecule has 0 aliphatic carbocycles. The largest absolute Gasteiger partial charge is 0.396 e. The fourth-order valence-electron chi connectivity index (χ4n) is 2.69. The van der Waals surface area contributed by atoms with Crippen LogP contribution < -0.4 is 5.43 Å². The fourth-order valence-corrected chi connectivity index (χ4v) is 2.69. The number of terminal acetylenes is 1. The maximum atomic E-state index is 11.5. The summed E-state index contributed by atoms with van der Waals surface area (Å²) in [5.74, 6) is 3.23. The molecule has 1 N–H and O–H groups in total. The summed E-state index contributed by atoms with van der Waals surface area (Å²) in [6.07, 6.45) is 22.0. The molecule has 0 aromatic carbocycles. The molecule has 10 heteroatoms. The van der Waals surface area contributed by atoms with Crippen molar-refractivity contribution in [2.75, 3.05) is 40.6 Å². The number of aliphatic hydroxyl groups excluding tert-OH is 1. The van der Waals surface area contributed by atoms with Crippen molar-refractivity contribution in [2.45, 2.75) is 53.4 Å². The molecule has 2 rings (SSSR count). The van der Waals surface area contributed by atoms with Gasteiger partial charge in [-0.1, -0.05) is 51.8 Å². The summed E-state index contributed by atoms with van der Waals surface area (Å²) in [6.45, 7) is 9.70.